The van der Waals surface area contributed by atoms with Gasteiger partial charge in [0.25, 0.3) is 0 Å². The summed E-state index contributed by atoms with van der Waals surface area (Å²) in [6, 6.07) is 3.86. The number of carbonyl (C=O) groups excluding carboxylic acids is 2. The Morgan fingerprint density at radius 3 is 2.86 bits per heavy atom. The molecule has 2 aromatic heterocycles. The molecule has 9 heteroatoms. The van der Waals surface area contributed by atoms with E-state index >= 15 is 0 Å². The van der Waals surface area contributed by atoms with Crippen molar-refractivity contribution in [2.75, 3.05) is 37.6 Å². The Hall–Kier alpha value is -2.71. The van der Waals surface area contributed by atoms with E-state index in [0.29, 0.717) is 13.0 Å². The van der Waals surface area contributed by atoms with Gasteiger partial charge < -0.3 is 15.1 Å². The second-order valence-electron chi connectivity index (χ2n) is 7.92. The number of piperidine rings is 1. The molecule has 2 saturated heterocycles. The van der Waals surface area contributed by atoms with Gasteiger partial charge in [-0.1, -0.05) is 6.42 Å². The molecule has 2 fully saturated rings. The number of nitrogens with zero attached hydrogens (tertiary/aromatic N) is 6. The minimum atomic E-state index is 0.0460. The van der Waals surface area contributed by atoms with Crippen LogP contribution in [0.4, 0.5) is 5.82 Å². The zero-order valence-corrected chi connectivity index (χ0v) is 16.8. The van der Waals surface area contributed by atoms with Gasteiger partial charge in [0.05, 0.1) is 0 Å². The van der Waals surface area contributed by atoms with Crippen molar-refractivity contribution in [3.8, 4) is 0 Å². The first-order valence-electron chi connectivity index (χ1n) is 10.7. The fourth-order valence-corrected chi connectivity index (χ4v) is 4.16. The molecule has 2 aromatic rings. The molecule has 0 bridgehead atoms. The average molecular weight is 399 g/mol. The molecule has 2 aliphatic heterocycles. The maximum Gasteiger partial charge on any atom is 0.223 e. The van der Waals surface area contributed by atoms with Crippen LogP contribution in [-0.4, -0.2) is 69.2 Å². The molecule has 4 heterocycles. The molecule has 9 nitrogen and oxygen atoms in total. The van der Waals surface area contributed by atoms with Crippen LogP contribution in [0.15, 0.2) is 18.5 Å². The standard InChI is InChI=1S/C20H29N7O2/c28-19-5-2-1-3-11-26(19)12-4-10-21-20(29)16-8-13-25(14-9-16)18-7-6-17-23-22-15-27(17)24-18/h6-7,15-16H,1-5,8-14H2,(H,21,29). The first-order valence-corrected chi connectivity index (χ1v) is 10.7. The van der Waals surface area contributed by atoms with Gasteiger partial charge in [-0.15, -0.1) is 15.3 Å². The van der Waals surface area contributed by atoms with E-state index < -0.39 is 0 Å². The monoisotopic (exact) mass is 399 g/mol. The van der Waals surface area contributed by atoms with Crippen molar-refractivity contribution < 1.29 is 9.59 Å². The minimum Gasteiger partial charge on any atom is -0.356 e. The Morgan fingerprint density at radius 1 is 1.14 bits per heavy atom. The Labute approximate surface area is 170 Å². The number of nitrogens with one attached hydrogen (secondary N) is 1. The highest BCUT2D eigenvalue weighted by molar-refractivity contribution is 5.79. The van der Waals surface area contributed by atoms with E-state index in [2.05, 4.69) is 25.5 Å². The molecule has 0 atom stereocenters. The molecule has 2 amide bonds. The Balaban J connectivity index is 1.18. The molecular weight excluding hydrogens is 370 g/mol. The maximum atomic E-state index is 12.5. The van der Waals surface area contributed by atoms with E-state index in [1.807, 2.05) is 17.0 Å². The Kier molecular flexibility index (Phi) is 6.21. The van der Waals surface area contributed by atoms with Gasteiger partial charge in [0.1, 0.15) is 12.1 Å². The molecule has 0 aliphatic carbocycles. The highest BCUT2D eigenvalue weighted by atomic mass is 16.2. The van der Waals surface area contributed by atoms with E-state index in [-0.39, 0.29) is 17.7 Å². The zero-order chi connectivity index (χ0) is 20.1. The molecule has 0 saturated carbocycles. The predicted octanol–water partition coefficient (Wildman–Crippen LogP) is 1.25. The smallest absolute Gasteiger partial charge is 0.223 e. The van der Waals surface area contributed by atoms with Crippen LogP contribution in [0.1, 0.15) is 44.9 Å². The summed E-state index contributed by atoms with van der Waals surface area (Å²) >= 11 is 0. The summed E-state index contributed by atoms with van der Waals surface area (Å²) in [6.45, 7) is 3.85. The second kappa shape index (κ2) is 9.19. The highest BCUT2D eigenvalue weighted by Crippen LogP contribution is 2.22. The number of fused-ring (bicyclic) bond motifs is 1. The number of likely N-dealkylation sites (tertiary alicyclic amines) is 1. The van der Waals surface area contributed by atoms with Crippen LogP contribution in [0.2, 0.25) is 0 Å². The van der Waals surface area contributed by atoms with Crippen molar-refractivity contribution in [3.63, 3.8) is 0 Å². The van der Waals surface area contributed by atoms with Gasteiger partial charge in [0, 0.05) is 45.1 Å². The molecule has 1 N–H and O–H groups in total. The molecular formula is C20H29N7O2. The first-order chi connectivity index (χ1) is 14.2. The molecule has 0 aromatic carbocycles. The van der Waals surface area contributed by atoms with Crippen LogP contribution in [-0.2, 0) is 9.59 Å². The van der Waals surface area contributed by atoms with Gasteiger partial charge in [-0.05, 0) is 44.2 Å². The summed E-state index contributed by atoms with van der Waals surface area (Å²) in [5.41, 5.74) is 0.727. The van der Waals surface area contributed by atoms with Crippen molar-refractivity contribution >= 4 is 23.3 Å². The molecule has 4 rings (SSSR count). The summed E-state index contributed by atoms with van der Waals surface area (Å²) in [5, 5.41) is 15.4. The second-order valence-corrected chi connectivity index (χ2v) is 7.92. The summed E-state index contributed by atoms with van der Waals surface area (Å²) < 4.78 is 1.67. The normalized spacial score (nSPS) is 18.8. The molecule has 156 valence electrons. The summed E-state index contributed by atoms with van der Waals surface area (Å²) in [6.07, 6.45) is 7.96. The highest BCUT2D eigenvalue weighted by Gasteiger charge is 2.25. The fourth-order valence-electron chi connectivity index (χ4n) is 4.16. The third-order valence-electron chi connectivity index (χ3n) is 5.91. The number of carbonyl (C=O) groups is 2. The van der Waals surface area contributed by atoms with E-state index in [4.69, 9.17) is 0 Å². The topological polar surface area (TPSA) is 95.7 Å². The molecule has 0 radical (unpaired) electrons. The van der Waals surface area contributed by atoms with Gasteiger partial charge in [0.15, 0.2) is 5.65 Å². The van der Waals surface area contributed by atoms with E-state index in [0.717, 1.165) is 76.2 Å². The number of aromatic nitrogens is 4. The number of anilines is 1. The quantitative estimate of drug-likeness (QED) is 0.735. The molecule has 0 spiro atoms. The van der Waals surface area contributed by atoms with Gasteiger partial charge >= 0.3 is 0 Å². The van der Waals surface area contributed by atoms with Crippen LogP contribution in [0.3, 0.4) is 0 Å². The van der Waals surface area contributed by atoms with Crippen molar-refractivity contribution in [3.05, 3.63) is 18.5 Å². The van der Waals surface area contributed by atoms with Crippen LogP contribution in [0, 0.1) is 5.92 Å². The predicted molar refractivity (Wildman–Crippen MR) is 108 cm³/mol. The third-order valence-corrected chi connectivity index (χ3v) is 5.91. The van der Waals surface area contributed by atoms with Crippen LogP contribution < -0.4 is 10.2 Å². The first kappa shape index (κ1) is 19.6. The number of amides is 2. The van der Waals surface area contributed by atoms with E-state index in [1.54, 1.807) is 10.8 Å². The lowest BCUT2D eigenvalue weighted by molar-refractivity contribution is -0.130. The van der Waals surface area contributed by atoms with Gasteiger partial charge in [-0.3, -0.25) is 9.59 Å². The Morgan fingerprint density at radius 2 is 2.00 bits per heavy atom. The van der Waals surface area contributed by atoms with Gasteiger partial charge in [-0.2, -0.15) is 4.52 Å². The number of hydrogen-bond donors (Lipinski definition) is 1. The summed E-state index contributed by atoms with van der Waals surface area (Å²) in [5.74, 6) is 1.33. The molecule has 2 aliphatic rings. The summed E-state index contributed by atoms with van der Waals surface area (Å²) in [7, 11) is 0. The SMILES string of the molecule is O=C(NCCCN1CCCCCC1=O)C1CCN(c2ccc3nncn3n2)CC1. The van der Waals surface area contributed by atoms with E-state index in [9.17, 15) is 9.59 Å². The van der Waals surface area contributed by atoms with Crippen LogP contribution in [0.25, 0.3) is 5.65 Å². The minimum absolute atomic E-state index is 0.0460. The lowest BCUT2D eigenvalue weighted by Gasteiger charge is -2.32. The maximum absolute atomic E-state index is 12.5. The number of hydrogen-bond acceptors (Lipinski definition) is 6. The number of rotatable bonds is 6. The van der Waals surface area contributed by atoms with E-state index in [1.165, 1.54) is 0 Å². The summed E-state index contributed by atoms with van der Waals surface area (Å²) in [4.78, 5) is 28.7. The van der Waals surface area contributed by atoms with Crippen molar-refractivity contribution in [1.29, 1.82) is 0 Å². The van der Waals surface area contributed by atoms with Crippen molar-refractivity contribution in [1.82, 2.24) is 30.0 Å². The fraction of sp³-hybridized carbons (Fsp3) is 0.650. The lowest BCUT2D eigenvalue weighted by Crippen LogP contribution is -2.41. The Bertz CT molecular complexity index is 844. The molecule has 29 heavy (non-hydrogen) atoms. The zero-order valence-electron chi connectivity index (χ0n) is 16.8. The van der Waals surface area contributed by atoms with Gasteiger partial charge in [0.2, 0.25) is 11.8 Å². The average Bonchev–Trinajstić information content (AvgIpc) is 3.13. The third kappa shape index (κ3) is 4.83. The van der Waals surface area contributed by atoms with Crippen molar-refractivity contribution in [2.45, 2.75) is 44.9 Å². The van der Waals surface area contributed by atoms with Gasteiger partial charge in [-0.25, -0.2) is 0 Å². The van der Waals surface area contributed by atoms with Crippen LogP contribution >= 0.6 is 0 Å². The largest absolute Gasteiger partial charge is 0.356 e. The van der Waals surface area contributed by atoms with Crippen LogP contribution in [0.5, 0.6) is 0 Å². The van der Waals surface area contributed by atoms with Crippen molar-refractivity contribution in [2.24, 2.45) is 5.92 Å². The molecule has 0 unspecified atom stereocenters. The lowest BCUT2D eigenvalue weighted by atomic mass is 9.96.